The number of fused-ring (bicyclic) bond motifs is 1. The van der Waals surface area contributed by atoms with Crippen LogP contribution in [0.25, 0.3) is 10.2 Å². The molecule has 0 bridgehead atoms. The van der Waals surface area contributed by atoms with Crippen LogP contribution < -0.4 is 5.32 Å². The highest BCUT2D eigenvalue weighted by atomic mass is 32.1. The lowest BCUT2D eigenvalue weighted by Crippen LogP contribution is -2.03. The van der Waals surface area contributed by atoms with Crippen LogP contribution in [0.3, 0.4) is 0 Å². The summed E-state index contributed by atoms with van der Waals surface area (Å²) < 4.78 is 5.92. The number of hydrogen-bond acceptors (Lipinski definition) is 8. The third-order valence-electron chi connectivity index (χ3n) is 2.64. The molecule has 3 rings (SSSR count). The summed E-state index contributed by atoms with van der Waals surface area (Å²) in [6.45, 7) is 4.05. The van der Waals surface area contributed by atoms with Gasteiger partial charge < -0.3 is 10.1 Å². The SMILES string of the molecule is CCOC(=O)c1ccc2nc(Nc3nnc(C)s3)sc2c1. The Morgan fingerprint density at radius 2 is 2.14 bits per heavy atom. The molecule has 1 aromatic carbocycles. The van der Waals surface area contributed by atoms with Crippen molar-refractivity contribution in [3.8, 4) is 0 Å². The van der Waals surface area contributed by atoms with Gasteiger partial charge >= 0.3 is 5.97 Å². The van der Waals surface area contributed by atoms with Crippen LogP contribution >= 0.6 is 22.7 Å². The van der Waals surface area contributed by atoms with Gasteiger partial charge in [0.25, 0.3) is 0 Å². The summed E-state index contributed by atoms with van der Waals surface area (Å²) in [6.07, 6.45) is 0. The van der Waals surface area contributed by atoms with E-state index in [9.17, 15) is 4.79 Å². The second kappa shape index (κ2) is 5.74. The number of benzene rings is 1. The Bertz CT molecular complexity index is 796. The van der Waals surface area contributed by atoms with Crippen LogP contribution in [0.15, 0.2) is 18.2 Å². The number of carbonyl (C=O) groups excluding carboxylic acids is 1. The minimum Gasteiger partial charge on any atom is -0.462 e. The summed E-state index contributed by atoms with van der Waals surface area (Å²) in [5, 5.41) is 13.4. The van der Waals surface area contributed by atoms with Gasteiger partial charge in [-0.25, -0.2) is 9.78 Å². The van der Waals surface area contributed by atoms with Gasteiger partial charge in [0, 0.05) is 0 Å². The van der Waals surface area contributed by atoms with Crippen LogP contribution in [-0.4, -0.2) is 27.8 Å². The maximum atomic E-state index is 11.7. The summed E-state index contributed by atoms with van der Waals surface area (Å²) >= 11 is 2.93. The Hall–Kier alpha value is -2.06. The Labute approximate surface area is 128 Å². The van der Waals surface area contributed by atoms with E-state index in [1.54, 1.807) is 19.1 Å². The molecular formula is C13H12N4O2S2. The highest BCUT2D eigenvalue weighted by molar-refractivity contribution is 7.22. The van der Waals surface area contributed by atoms with E-state index in [0.29, 0.717) is 17.3 Å². The minimum atomic E-state index is -0.318. The monoisotopic (exact) mass is 320 g/mol. The fourth-order valence-electron chi connectivity index (χ4n) is 1.76. The second-order valence-corrected chi connectivity index (χ2v) is 6.39. The number of hydrogen-bond donors (Lipinski definition) is 1. The molecule has 21 heavy (non-hydrogen) atoms. The maximum Gasteiger partial charge on any atom is 0.338 e. The van der Waals surface area contributed by atoms with Crippen LogP contribution in [0.4, 0.5) is 10.3 Å². The topological polar surface area (TPSA) is 77.0 Å². The first-order chi connectivity index (χ1) is 10.2. The van der Waals surface area contributed by atoms with Gasteiger partial charge in [0.15, 0.2) is 5.13 Å². The number of ether oxygens (including phenoxy) is 1. The molecule has 0 saturated carbocycles. The number of aromatic nitrogens is 3. The van der Waals surface area contributed by atoms with Crippen LogP contribution in [-0.2, 0) is 4.74 Å². The lowest BCUT2D eigenvalue weighted by atomic mass is 10.2. The highest BCUT2D eigenvalue weighted by Crippen LogP contribution is 2.30. The number of nitrogens with zero attached hydrogens (tertiary/aromatic N) is 3. The summed E-state index contributed by atoms with van der Waals surface area (Å²) in [7, 11) is 0. The average Bonchev–Trinajstić information content (AvgIpc) is 3.04. The number of esters is 1. The molecule has 0 fully saturated rings. The fraction of sp³-hybridized carbons (Fsp3) is 0.231. The molecule has 0 unspecified atom stereocenters. The molecular weight excluding hydrogens is 308 g/mol. The lowest BCUT2D eigenvalue weighted by molar-refractivity contribution is 0.0526. The predicted molar refractivity (Wildman–Crippen MR) is 83.5 cm³/mol. The average molecular weight is 320 g/mol. The molecule has 0 aliphatic heterocycles. The normalized spacial score (nSPS) is 10.8. The van der Waals surface area contributed by atoms with Crippen molar-refractivity contribution in [2.24, 2.45) is 0 Å². The molecule has 0 aliphatic rings. The van der Waals surface area contributed by atoms with E-state index in [1.165, 1.54) is 22.7 Å². The molecule has 0 atom stereocenters. The number of carbonyl (C=O) groups is 1. The summed E-state index contributed by atoms with van der Waals surface area (Å²) in [6, 6.07) is 5.33. The van der Waals surface area contributed by atoms with Crippen molar-refractivity contribution < 1.29 is 9.53 Å². The molecule has 8 heteroatoms. The van der Waals surface area contributed by atoms with Gasteiger partial charge in [0.1, 0.15) is 5.01 Å². The molecule has 0 amide bonds. The smallest absolute Gasteiger partial charge is 0.338 e. The van der Waals surface area contributed by atoms with E-state index < -0.39 is 0 Å². The molecule has 6 nitrogen and oxygen atoms in total. The molecule has 2 aromatic heterocycles. The van der Waals surface area contributed by atoms with Gasteiger partial charge in [-0.2, -0.15) is 0 Å². The van der Waals surface area contributed by atoms with Gasteiger partial charge in [-0.05, 0) is 32.0 Å². The third-order valence-corrected chi connectivity index (χ3v) is 4.33. The van der Waals surface area contributed by atoms with Crippen molar-refractivity contribution in [1.29, 1.82) is 0 Å². The van der Waals surface area contributed by atoms with Crippen LogP contribution in [0.5, 0.6) is 0 Å². The zero-order valence-electron chi connectivity index (χ0n) is 11.4. The molecule has 1 N–H and O–H groups in total. The van der Waals surface area contributed by atoms with E-state index >= 15 is 0 Å². The first-order valence-corrected chi connectivity index (χ1v) is 7.94. The largest absolute Gasteiger partial charge is 0.462 e. The quantitative estimate of drug-likeness (QED) is 0.743. The molecule has 0 aliphatic carbocycles. The maximum absolute atomic E-state index is 11.7. The van der Waals surface area contributed by atoms with Gasteiger partial charge in [-0.3, -0.25) is 0 Å². The minimum absolute atomic E-state index is 0.318. The third kappa shape index (κ3) is 3.01. The van der Waals surface area contributed by atoms with Crippen LogP contribution in [0.1, 0.15) is 22.3 Å². The number of thiazole rings is 1. The number of rotatable bonds is 4. The van der Waals surface area contributed by atoms with Crippen molar-refractivity contribution in [1.82, 2.24) is 15.2 Å². The molecule has 108 valence electrons. The zero-order chi connectivity index (χ0) is 14.8. The van der Waals surface area contributed by atoms with Crippen molar-refractivity contribution in [2.45, 2.75) is 13.8 Å². The first-order valence-electron chi connectivity index (χ1n) is 6.30. The van der Waals surface area contributed by atoms with E-state index in [1.807, 2.05) is 13.0 Å². The summed E-state index contributed by atoms with van der Waals surface area (Å²) in [5.74, 6) is -0.318. The predicted octanol–water partition coefficient (Wildman–Crippen LogP) is 3.38. The Kier molecular flexibility index (Phi) is 3.80. The zero-order valence-corrected chi connectivity index (χ0v) is 13.0. The standard InChI is InChI=1S/C13H12N4O2S2/c1-3-19-11(18)8-4-5-9-10(6-8)21-12(14-9)15-13-17-16-7(2)20-13/h4-6H,3H2,1-2H3,(H,14,15,17). The molecule has 0 radical (unpaired) electrons. The van der Waals surface area contributed by atoms with E-state index in [4.69, 9.17) is 4.74 Å². The van der Waals surface area contributed by atoms with Crippen molar-refractivity contribution >= 4 is 49.1 Å². The molecule has 0 saturated heterocycles. The van der Waals surface area contributed by atoms with E-state index in [-0.39, 0.29) is 5.97 Å². The summed E-state index contributed by atoms with van der Waals surface area (Å²) in [5.41, 5.74) is 1.36. The van der Waals surface area contributed by atoms with E-state index in [2.05, 4.69) is 20.5 Å². The Morgan fingerprint density at radius 1 is 1.29 bits per heavy atom. The van der Waals surface area contributed by atoms with E-state index in [0.717, 1.165) is 20.4 Å². The lowest BCUT2D eigenvalue weighted by Gasteiger charge is -2.00. The van der Waals surface area contributed by atoms with Crippen molar-refractivity contribution in [3.05, 3.63) is 28.8 Å². The van der Waals surface area contributed by atoms with Gasteiger partial charge in [0.2, 0.25) is 5.13 Å². The highest BCUT2D eigenvalue weighted by Gasteiger charge is 2.11. The Morgan fingerprint density at radius 3 is 2.86 bits per heavy atom. The molecule has 3 aromatic rings. The van der Waals surface area contributed by atoms with Crippen molar-refractivity contribution in [3.63, 3.8) is 0 Å². The number of aryl methyl sites for hydroxylation is 1. The number of nitrogens with one attached hydrogen (secondary N) is 1. The van der Waals surface area contributed by atoms with Crippen molar-refractivity contribution in [2.75, 3.05) is 11.9 Å². The molecule has 0 spiro atoms. The second-order valence-electron chi connectivity index (χ2n) is 4.17. The van der Waals surface area contributed by atoms with Gasteiger partial charge in [-0.1, -0.05) is 22.7 Å². The van der Waals surface area contributed by atoms with Crippen LogP contribution in [0, 0.1) is 6.92 Å². The Balaban J connectivity index is 1.87. The van der Waals surface area contributed by atoms with Crippen LogP contribution in [0.2, 0.25) is 0 Å². The van der Waals surface area contributed by atoms with Gasteiger partial charge in [0.05, 0.1) is 22.4 Å². The first kappa shape index (κ1) is 13.9. The fourth-order valence-corrected chi connectivity index (χ4v) is 3.32. The van der Waals surface area contributed by atoms with Gasteiger partial charge in [-0.15, -0.1) is 10.2 Å². The summed E-state index contributed by atoms with van der Waals surface area (Å²) in [4.78, 5) is 16.2. The number of anilines is 2. The molecule has 2 heterocycles.